The number of amides is 1. The van der Waals surface area contributed by atoms with Gasteiger partial charge in [-0.3, -0.25) is 14.4 Å². The molecule has 2 aromatic rings. The number of piperazine rings is 1. The van der Waals surface area contributed by atoms with Gasteiger partial charge in [-0.05, 0) is 32.9 Å². The third kappa shape index (κ3) is 4.13. The second-order valence-corrected chi connectivity index (χ2v) is 7.69. The Morgan fingerprint density at radius 2 is 1.89 bits per heavy atom. The number of carbonyl (C=O) groups excluding carboxylic acids is 1. The lowest BCUT2D eigenvalue weighted by Crippen LogP contribution is -2.50. The van der Waals surface area contributed by atoms with Crippen molar-refractivity contribution in [3.8, 4) is 0 Å². The van der Waals surface area contributed by atoms with E-state index in [-0.39, 0.29) is 11.7 Å². The van der Waals surface area contributed by atoms with E-state index in [1.807, 2.05) is 25.7 Å². The molecule has 1 atom stereocenters. The van der Waals surface area contributed by atoms with Crippen LogP contribution in [0, 0.1) is 19.7 Å². The first-order valence-electron chi connectivity index (χ1n) is 8.94. The monoisotopic (exact) mass is 412 g/mol. The van der Waals surface area contributed by atoms with Crippen LogP contribution in [0.5, 0.6) is 0 Å². The molecule has 27 heavy (non-hydrogen) atoms. The number of aromatic nitrogens is 2. The van der Waals surface area contributed by atoms with Crippen molar-refractivity contribution in [3.05, 3.63) is 51.0 Å². The van der Waals surface area contributed by atoms with E-state index in [4.69, 9.17) is 23.2 Å². The summed E-state index contributed by atoms with van der Waals surface area (Å²) in [6.07, 6.45) is 0. The fraction of sp³-hybridized carbons (Fsp3) is 0.474. The Hall–Kier alpha value is -1.63. The van der Waals surface area contributed by atoms with Gasteiger partial charge in [-0.1, -0.05) is 29.3 Å². The van der Waals surface area contributed by atoms with E-state index < -0.39 is 6.04 Å². The summed E-state index contributed by atoms with van der Waals surface area (Å²) in [5.41, 5.74) is 2.02. The average Bonchev–Trinajstić information content (AvgIpc) is 2.91. The fourth-order valence-electron chi connectivity index (χ4n) is 3.42. The van der Waals surface area contributed by atoms with Gasteiger partial charge in [0.25, 0.3) is 0 Å². The Kier molecular flexibility index (Phi) is 6.08. The predicted octanol–water partition coefficient (Wildman–Crippen LogP) is 3.85. The van der Waals surface area contributed by atoms with Gasteiger partial charge in [-0.25, -0.2) is 4.39 Å². The van der Waals surface area contributed by atoms with Crippen LogP contribution in [-0.4, -0.2) is 51.7 Å². The third-order valence-electron chi connectivity index (χ3n) is 5.09. The zero-order valence-corrected chi connectivity index (χ0v) is 17.2. The van der Waals surface area contributed by atoms with E-state index in [0.29, 0.717) is 48.3 Å². The molecule has 0 radical (unpaired) electrons. The lowest BCUT2D eigenvalue weighted by Gasteiger charge is -2.36. The Morgan fingerprint density at radius 1 is 1.22 bits per heavy atom. The van der Waals surface area contributed by atoms with Gasteiger partial charge in [-0.2, -0.15) is 5.10 Å². The van der Waals surface area contributed by atoms with Crippen LogP contribution < -0.4 is 0 Å². The van der Waals surface area contributed by atoms with Crippen LogP contribution in [0.1, 0.15) is 29.9 Å². The smallest absolute Gasteiger partial charge is 0.247 e. The molecule has 0 spiro atoms. The summed E-state index contributed by atoms with van der Waals surface area (Å²) >= 11 is 12.3. The van der Waals surface area contributed by atoms with Crippen molar-refractivity contribution in [1.29, 1.82) is 0 Å². The molecular weight excluding hydrogens is 390 g/mol. The second-order valence-electron chi connectivity index (χ2n) is 6.91. The molecule has 8 heteroatoms. The van der Waals surface area contributed by atoms with Gasteiger partial charge in [0, 0.05) is 43.3 Å². The van der Waals surface area contributed by atoms with Gasteiger partial charge < -0.3 is 4.90 Å². The van der Waals surface area contributed by atoms with Crippen LogP contribution in [0.2, 0.25) is 10.0 Å². The summed E-state index contributed by atoms with van der Waals surface area (Å²) in [5.74, 6) is -0.281. The van der Waals surface area contributed by atoms with E-state index >= 15 is 0 Å². The van der Waals surface area contributed by atoms with Gasteiger partial charge in [0.15, 0.2) is 0 Å². The number of halogens is 3. The number of carbonyl (C=O) groups is 1. The number of rotatable bonds is 4. The van der Waals surface area contributed by atoms with Crippen LogP contribution in [0.3, 0.4) is 0 Å². The zero-order chi connectivity index (χ0) is 19.7. The lowest BCUT2D eigenvalue weighted by molar-refractivity contribution is -0.136. The lowest BCUT2D eigenvalue weighted by atomic mass is 10.1. The molecule has 0 bridgehead atoms. The fourth-order valence-corrected chi connectivity index (χ4v) is 3.77. The molecule has 0 N–H and O–H groups in total. The molecule has 0 saturated carbocycles. The van der Waals surface area contributed by atoms with Crippen LogP contribution in [0.4, 0.5) is 4.39 Å². The Bertz CT molecular complexity index is 826. The summed E-state index contributed by atoms with van der Waals surface area (Å²) in [5, 5.41) is 5.42. The molecule has 3 rings (SSSR count). The first kappa shape index (κ1) is 20.1. The number of hydrogen-bond acceptors (Lipinski definition) is 3. The minimum absolute atomic E-state index is 0.0147. The average molecular weight is 413 g/mol. The highest BCUT2D eigenvalue weighted by atomic mass is 35.5. The maximum Gasteiger partial charge on any atom is 0.247 e. The van der Waals surface area contributed by atoms with Gasteiger partial charge in [0.1, 0.15) is 11.9 Å². The van der Waals surface area contributed by atoms with Crippen molar-refractivity contribution < 1.29 is 9.18 Å². The van der Waals surface area contributed by atoms with Crippen molar-refractivity contribution in [1.82, 2.24) is 19.6 Å². The number of nitrogens with zero attached hydrogens (tertiary/aromatic N) is 4. The number of benzene rings is 1. The van der Waals surface area contributed by atoms with E-state index in [9.17, 15) is 9.18 Å². The van der Waals surface area contributed by atoms with E-state index in [1.54, 1.807) is 16.8 Å². The normalized spacial score (nSPS) is 16.6. The van der Waals surface area contributed by atoms with Gasteiger partial charge in [0.2, 0.25) is 5.91 Å². The minimum Gasteiger partial charge on any atom is -0.338 e. The molecule has 1 fully saturated rings. The molecule has 1 aliphatic rings. The highest BCUT2D eigenvalue weighted by Gasteiger charge is 2.28. The molecule has 1 unspecified atom stereocenters. The highest BCUT2D eigenvalue weighted by Crippen LogP contribution is 2.24. The second kappa shape index (κ2) is 8.17. The van der Waals surface area contributed by atoms with E-state index in [2.05, 4.69) is 10.00 Å². The molecule has 1 aliphatic heterocycles. The summed E-state index contributed by atoms with van der Waals surface area (Å²) in [6.45, 7) is 8.48. The molecule has 146 valence electrons. The SMILES string of the molecule is Cc1nn(C(C)C(=O)N2CCN(Cc3c(F)cccc3Cl)CC2)c(C)c1Cl. The van der Waals surface area contributed by atoms with E-state index in [1.165, 1.54) is 6.07 Å². The highest BCUT2D eigenvalue weighted by molar-refractivity contribution is 6.32. The van der Waals surface area contributed by atoms with Gasteiger partial charge >= 0.3 is 0 Å². The van der Waals surface area contributed by atoms with Gasteiger partial charge in [0.05, 0.1) is 16.4 Å². The van der Waals surface area contributed by atoms with Crippen molar-refractivity contribution in [3.63, 3.8) is 0 Å². The topological polar surface area (TPSA) is 41.4 Å². The largest absolute Gasteiger partial charge is 0.338 e. The molecule has 1 saturated heterocycles. The quantitative estimate of drug-likeness (QED) is 0.765. The van der Waals surface area contributed by atoms with Crippen LogP contribution in [0.25, 0.3) is 0 Å². The zero-order valence-electron chi connectivity index (χ0n) is 15.7. The maximum atomic E-state index is 14.0. The third-order valence-corrected chi connectivity index (χ3v) is 5.99. The molecule has 1 aromatic carbocycles. The van der Waals surface area contributed by atoms with Crippen molar-refractivity contribution in [2.45, 2.75) is 33.4 Å². The minimum atomic E-state index is -0.413. The number of hydrogen-bond donors (Lipinski definition) is 0. The summed E-state index contributed by atoms with van der Waals surface area (Å²) in [7, 11) is 0. The van der Waals surface area contributed by atoms with Crippen molar-refractivity contribution in [2.75, 3.05) is 26.2 Å². The maximum absolute atomic E-state index is 14.0. The Morgan fingerprint density at radius 3 is 2.44 bits per heavy atom. The molecular formula is C19H23Cl2FN4O. The summed E-state index contributed by atoms with van der Waals surface area (Å²) < 4.78 is 15.7. The van der Waals surface area contributed by atoms with Crippen molar-refractivity contribution >= 4 is 29.1 Å². The van der Waals surface area contributed by atoms with Gasteiger partial charge in [-0.15, -0.1) is 0 Å². The van der Waals surface area contributed by atoms with Crippen LogP contribution in [0.15, 0.2) is 18.2 Å². The standard InChI is InChI=1S/C19H23Cl2FN4O/c1-12-18(21)13(2)26(23-12)14(3)19(27)25-9-7-24(8-10-25)11-15-16(20)5-4-6-17(15)22/h4-6,14H,7-11H2,1-3H3. The molecule has 0 aliphatic carbocycles. The molecule has 5 nitrogen and oxygen atoms in total. The van der Waals surface area contributed by atoms with Crippen molar-refractivity contribution in [2.24, 2.45) is 0 Å². The molecule has 1 aromatic heterocycles. The Labute approximate surface area is 168 Å². The first-order valence-corrected chi connectivity index (χ1v) is 9.70. The summed E-state index contributed by atoms with van der Waals surface area (Å²) in [4.78, 5) is 16.8. The van der Waals surface area contributed by atoms with Crippen LogP contribution >= 0.6 is 23.2 Å². The van der Waals surface area contributed by atoms with E-state index in [0.717, 1.165) is 11.4 Å². The summed E-state index contributed by atoms with van der Waals surface area (Å²) in [6, 6.07) is 4.30. The predicted molar refractivity (Wildman–Crippen MR) is 105 cm³/mol. The number of aryl methyl sites for hydroxylation is 1. The van der Waals surface area contributed by atoms with Crippen LogP contribution in [-0.2, 0) is 11.3 Å². The molecule has 1 amide bonds. The first-order chi connectivity index (χ1) is 12.8. The molecule has 2 heterocycles. The Balaban J connectivity index is 1.61.